The van der Waals surface area contributed by atoms with E-state index in [-0.39, 0.29) is 32.2 Å². The standard InChI is InChI=1S/C12H18F3NO3/c13-12(14,15)11(5-6-11)16-7-10(19)3-1-8(2-4-10)9(17)18/h8,16,19H,1-7H2,(H,17,18). The van der Waals surface area contributed by atoms with Gasteiger partial charge in [-0.05, 0) is 38.5 Å². The first-order chi connectivity index (χ1) is 8.68. The Hall–Kier alpha value is -0.820. The quantitative estimate of drug-likeness (QED) is 0.733. The monoisotopic (exact) mass is 281 g/mol. The number of carboxylic acids is 1. The van der Waals surface area contributed by atoms with Crippen LogP contribution in [-0.2, 0) is 4.79 Å². The van der Waals surface area contributed by atoms with Gasteiger partial charge in [-0.3, -0.25) is 4.79 Å². The van der Waals surface area contributed by atoms with Crippen molar-refractivity contribution in [3.8, 4) is 0 Å². The van der Waals surface area contributed by atoms with Gasteiger partial charge in [0.05, 0.1) is 11.5 Å². The zero-order chi connectivity index (χ0) is 14.3. The molecule has 0 spiro atoms. The Morgan fingerprint density at radius 1 is 1.21 bits per heavy atom. The summed E-state index contributed by atoms with van der Waals surface area (Å²) in [6.45, 7) is -0.126. The molecule has 2 aliphatic carbocycles. The average molecular weight is 281 g/mol. The summed E-state index contributed by atoms with van der Waals surface area (Å²) in [6, 6.07) is 0. The van der Waals surface area contributed by atoms with Crippen molar-refractivity contribution in [1.29, 1.82) is 0 Å². The third-order valence-electron chi connectivity index (χ3n) is 4.31. The van der Waals surface area contributed by atoms with Crippen molar-refractivity contribution in [3.63, 3.8) is 0 Å². The molecule has 0 amide bonds. The molecule has 2 aliphatic rings. The molecule has 2 fully saturated rings. The van der Waals surface area contributed by atoms with Crippen molar-refractivity contribution < 1.29 is 28.2 Å². The molecule has 0 unspecified atom stereocenters. The van der Waals surface area contributed by atoms with Crippen molar-refractivity contribution in [2.24, 2.45) is 5.92 Å². The van der Waals surface area contributed by atoms with E-state index in [1.807, 2.05) is 0 Å². The molecule has 0 aromatic heterocycles. The maximum Gasteiger partial charge on any atom is 0.406 e. The summed E-state index contributed by atoms with van der Waals surface area (Å²) >= 11 is 0. The predicted octanol–water partition coefficient (Wildman–Crippen LogP) is 1.68. The van der Waals surface area contributed by atoms with Crippen LogP contribution >= 0.6 is 0 Å². The van der Waals surface area contributed by atoms with Gasteiger partial charge >= 0.3 is 12.1 Å². The minimum atomic E-state index is -4.29. The fourth-order valence-corrected chi connectivity index (χ4v) is 2.60. The second kappa shape index (κ2) is 4.63. The number of aliphatic carboxylic acids is 1. The van der Waals surface area contributed by atoms with E-state index in [1.165, 1.54) is 0 Å². The Balaban J connectivity index is 1.85. The Bertz CT molecular complexity index is 358. The van der Waals surface area contributed by atoms with Crippen LogP contribution in [0, 0.1) is 5.92 Å². The largest absolute Gasteiger partial charge is 0.481 e. The summed E-state index contributed by atoms with van der Waals surface area (Å²) in [5.74, 6) is -1.39. The molecule has 0 aromatic carbocycles. The number of aliphatic hydroxyl groups is 1. The van der Waals surface area contributed by atoms with Crippen LogP contribution in [0.5, 0.6) is 0 Å². The number of carboxylic acid groups (broad SMARTS) is 1. The molecular formula is C12H18F3NO3. The fourth-order valence-electron chi connectivity index (χ4n) is 2.60. The third kappa shape index (κ3) is 3.02. The molecular weight excluding hydrogens is 263 g/mol. The van der Waals surface area contributed by atoms with Crippen molar-refractivity contribution in [2.45, 2.75) is 55.8 Å². The third-order valence-corrected chi connectivity index (χ3v) is 4.31. The number of carbonyl (C=O) groups is 1. The van der Waals surface area contributed by atoms with E-state index in [9.17, 15) is 23.1 Å². The van der Waals surface area contributed by atoms with E-state index in [2.05, 4.69) is 5.32 Å². The lowest BCUT2D eigenvalue weighted by Gasteiger charge is -2.36. The molecule has 0 saturated heterocycles. The van der Waals surface area contributed by atoms with E-state index < -0.39 is 29.2 Å². The van der Waals surface area contributed by atoms with Gasteiger partial charge in [-0.25, -0.2) is 0 Å². The Morgan fingerprint density at radius 3 is 2.11 bits per heavy atom. The van der Waals surface area contributed by atoms with Gasteiger partial charge in [-0.1, -0.05) is 0 Å². The maximum absolute atomic E-state index is 12.7. The SMILES string of the molecule is O=C(O)C1CCC(O)(CNC2(C(F)(F)F)CC2)CC1. The molecule has 7 heteroatoms. The summed E-state index contributed by atoms with van der Waals surface area (Å²) in [5, 5.41) is 21.5. The molecule has 2 saturated carbocycles. The molecule has 0 bridgehead atoms. The van der Waals surface area contributed by atoms with Crippen LogP contribution < -0.4 is 5.32 Å². The van der Waals surface area contributed by atoms with Crippen LogP contribution in [0.3, 0.4) is 0 Å². The number of hydrogen-bond acceptors (Lipinski definition) is 3. The topological polar surface area (TPSA) is 69.6 Å². The average Bonchev–Trinajstić information content (AvgIpc) is 3.07. The van der Waals surface area contributed by atoms with Crippen molar-refractivity contribution in [2.75, 3.05) is 6.54 Å². The number of hydrogen-bond donors (Lipinski definition) is 3. The van der Waals surface area contributed by atoms with Crippen LogP contribution in [-0.4, -0.2) is 40.0 Å². The van der Waals surface area contributed by atoms with Gasteiger partial charge in [0.25, 0.3) is 0 Å². The van der Waals surface area contributed by atoms with Crippen molar-refractivity contribution in [1.82, 2.24) is 5.32 Å². The first-order valence-corrected chi connectivity index (χ1v) is 6.44. The molecule has 110 valence electrons. The van der Waals surface area contributed by atoms with Crippen LogP contribution in [0.1, 0.15) is 38.5 Å². The van der Waals surface area contributed by atoms with Gasteiger partial charge in [-0.15, -0.1) is 0 Å². The number of β-amino-alcohol motifs (C(OH)–C–C–N with tert-alkyl or cyclic N) is 1. The molecule has 19 heavy (non-hydrogen) atoms. The van der Waals surface area contributed by atoms with E-state index in [0.717, 1.165) is 0 Å². The van der Waals surface area contributed by atoms with E-state index in [0.29, 0.717) is 12.8 Å². The second-order valence-electron chi connectivity index (χ2n) is 5.77. The lowest BCUT2D eigenvalue weighted by Crippen LogP contribution is -2.53. The first kappa shape index (κ1) is 14.6. The smallest absolute Gasteiger partial charge is 0.406 e. The molecule has 0 radical (unpaired) electrons. The molecule has 0 aliphatic heterocycles. The number of halogens is 3. The van der Waals surface area contributed by atoms with Crippen LogP contribution in [0.15, 0.2) is 0 Å². The molecule has 0 aromatic rings. The second-order valence-corrected chi connectivity index (χ2v) is 5.77. The molecule has 0 heterocycles. The van der Waals surface area contributed by atoms with Crippen molar-refractivity contribution in [3.05, 3.63) is 0 Å². The zero-order valence-corrected chi connectivity index (χ0v) is 10.5. The lowest BCUT2D eigenvalue weighted by atomic mass is 9.78. The molecule has 2 rings (SSSR count). The maximum atomic E-state index is 12.7. The lowest BCUT2D eigenvalue weighted by molar-refractivity contribution is -0.169. The van der Waals surface area contributed by atoms with Crippen molar-refractivity contribution >= 4 is 5.97 Å². The number of nitrogens with one attached hydrogen (secondary N) is 1. The summed E-state index contributed by atoms with van der Waals surface area (Å²) in [7, 11) is 0. The minimum Gasteiger partial charge on any atom is -0.481 e. The molecule has 4 nitrogen and oxygen atoms in total. The van der Waals surface area contributed by atoms with Crippen LogP contribution in [0.2, 0.25) is 0 Å². The highest BCUT2D eigenvalue weighted by molar-refractivity contribution is 5.70. The number of alkyl halides is 3. The Labute approximate surface area is 109 Å². The highest BCUT2D eigenvalue weighted by Gasteiger charge is 2.63. The summed E-state index contributed by atoms with van der Waals surface area (Å²) < 4.78 is 38.2. The van der Waals surface area contributed by atoms with Gasteiger partial charge in [0.2, 0.25) is 0 Å². The summed E-state index contributed by atoms with van der Waals surface area (Å²) in [4.78, 5) is 10.8. The number of rotatable bonds is 4. The highest BCUT2D eigenvalue weighted by Crippen LogP contribution is 2.49. The minimum absolute atomic E-state index is 0.0460. The normalized spacial score (nSPS) is 34.0. The predicted molar refractivity (Wildman–Crippen MR) is 60.6 cm³/mol. The van der Waals surface area contributed by atoms with Crippen LogP contribution in [0.25, 0.3) is 0 Å². The van der Waals surface area contributed by atoms with Gasteiger partial charge in [-0.2, -0.15) is 13.2 Å². The highest BCUT2D eigenvalue weighted by atomic mass is 19.4. The first-order valence-electron chi connectivity index (χ1n) is 6.44. The summed E-state index contributed by atoms with van der Waals surface area (Å²) in [6.07, 6.45) is -3.12. The Kier molecular flexibility index (Phi) is 3.55. The van der Waals surface area contributed by atoms with Gasteiger partial charge < -0.3 is 15.5 Å². The molecule has 0 atom stereocenters. The Morgan fingerprint density at radius 2 is 1.74 bits per heavy atom. The fraction of sp³-hybridized carbons (Fsp3) is 0.917. The van der Waals surface area contributed by atoms with Gasteiger partial charge in [0.1, 0.15) is 5.54 Å². The zero-order valence-electron chi connectivity index (χ0n) is 10.5. The van der Waals surface area contributed by atoms with E-state index in [4.69, 9.17) is 5.11 Å². The molecule has 3 N–H and O–H groups in total. The van der Waals surface area contributed by atoms with Crippen LogP contribution in [0.4, 0.5) is 13.2 Å². The summed E-state index contributed by atoms with van der Waals surface area (Å²) in [5.41, 5.74) is -3.04. The van der Waals surface area contributed by atoms with E-state index >= 15 is 0 Å². The van der Waals surface area contributed by atoms with E-state index in [1.54, 1.807) is 0 Å². The van der Waals surface area contributed by atoms with Gasteiger partial charge in [0, 0.05) is 6.54 Å². The van der Waals surface area contributed by atoms with Gasteiger partial charge in [0.15, 0.2) is 0 Å².